The summed E-state index contributed by atoms with van der Waals surface area (Å²) in [5, 5.41) is 0. The molecule has 1 aromatic rings. The van der Waals surface area contributed by atoms with Crippen LogP contribution in [0.1, 0.15) is 31.7 Å². The van der Waals surface area contributed by atoms with Crippen molar-refractivity contribution in [3.05, 3.63) is 75.1 Å². The number of carbonyl (C=O) groups excluding carboxylic acids is 2. The van der Waals surface area contributed by atoms with Crippen molar-refractivity contribution in [3.63, 3.8) is 0 Å². The number of unbranched alkanes of at least 4 members (excludes halogenated alkanes) is 1. The summed E-state index contributed by atoms with van der Waals surface area (Å²) in [5.74, 6) is 0.0570. The predicted molar refractivity (Wildman–Crippen MR) is 95.9 cm³/mol. The average molecular weight is 442 g/mol. The smallest absolute Gasteiger partial charge is 2.00 e. The van der Waals surface area contributed by atoms with Crippen LogP contribution in [-0.4, -0.2) is 25.0 Å². The zero-order valence-electron chi connectivity index (χ0n) is 15.9. The summed E-state index contributed by atoms with van der Waals surface area (Å²) >= 11 is 0. The van der Waals surface area contributed by atoms with Crippen molar-refractivity contribution in [1.29, 1.82) is 0 Å². The van der Waals surface area contributed by atoms with Gasteiger partial charge in [-0.25, -0.2) is 0 Å². The first kappa shape index (κ1) is 34.6. The molecule has 0 bridgehead atoms. The molecule has 0 saturated heterocycles. The first-order valence-electron chi connectivity index (χ1n) is 8.02. The molecule has 0 aliphatic carbocycles. The second-order valence-electron chi connectivity index (χ2n) is 4.92. The Morgan fingerprint density at radius 2 is 1.69 bits per heavy atom. The van der Waals surface area contributed by atoms with Crippen LogP contribution in [0.4, 0.5) is 0 Å². The molecule has 0 N–H and O–H groups in total. The maximum atomic E-state index is 11.6. The number of ether oxygens (including phenoxy) is 2. The van der Waals surface area contributed by atoms with E-state index in [1.54, 1.807) is 19.8 Å². The van der Waals surface area contributed by atoms with Gasteiger partial charge in [0.1, 0.15) is 5.78 Å². The monoisotopic (exact) mass is 442 g/mol. The molecule has 29 heavy (non-hydrogen) atoms. The number of carbonyl (C=O) groups is 1. The molecule has 0 fully saturated rings. The molecule has 0 heterocycles. The first-order valence-corrected chi connectivity index (χ1v) is 8.02. The van der Waals surface area contributed by atoms with E-state index in [0.29, 0.717) is 19.6 Å². The van der Waals surface area contributed by atoms with Gasteiger partial charge in [-0.05, 0) is 31.7 Å². The Labute approximate surface area is 183 Å². The first-order chi connectivity index (χ1) is 13.7. The molecule has 0 aromatic heterocycles. The summed E-state index contributed by atoms with van der Waals surface area (Å²) in [6.07, 6.45) is 6.51. The molecule has 1 aromatic carbocycles. The second-order valence-corrected chi connectivity index (χ2v) is 4.92. The van der Waals surface area contributed by atoms with Crippen molar-refractivity contribution in [2.75, 3.05) is 6.61 Å². The number of benzene rings is 1. The van der Waals surface area contributed by atoms with E-state index in [-0.39, 0.29) is 29.0 Å². The van der Waals surface area contributed by atoms with Crippen molar-refractivity contribution in [2.24, 2.45) is 0 Å². The molecule has 0 spiro atoms. The van der Waals surface area contributed by atoms with Crippen LogP contribution in [0.3, 0.4) is 0 Å². The summed E-state index contributed by atoms with van der Waals surface area (Å²) in [5.41, 5.74) is 1.15. The summed E-state index contributed by atoms with van der Waals surface area (Å²) in [7, 11) is 0. The quantitative estimate of drug-likeness (QED) is 0.202. The van der Waals surface area contributed by atoms with Gasteiger partial charge in [0.25, 0.3) is 0 Å². The van der Waals surface area contributed by atoms with Crippen LogP contribution in [0.2, 0.25) is 0 Å². The van der Waals surface area contributed by atoms with Gasteiger partial charge in [0, 0.05) is 25.9 Å². The summed E-state index contributed by atoms with van der Waals surface area (Å²) in [6, 6.07) is 10.00. The molecule has 155 valence electrons. The molecule has 7 nitrogen and oxygen atoms in total. The van der Waals surface area contributed by atoms with Gasteiger partial charge in [0.05, 0.1) is 12.7 Å². The fraction of sp³-hybridized carbons (Fsp3) is 0.333. The molecule has 1 rings (SSSR count). The summed E-state index contributed by atoms with van der Waals surface area (Å²) in [6.45, 7) is 17.8. The van der Waals surface area contributed by atoms with Crippen LogP contribution < -0.4 is 0 Å². The Hall–Kier alpha value is -1.94. The van der Waals surface area contributed by atoms with E-state index in [0.717, 1.165) is 18.4 Å². The number of hydrogen-bond donors (Lipinski definition) is 0. The molecular formula is C21H22FeO7+. The van der Waals surface area contributed by atoms with E-state index in [1.165, 1.54) is 12.9 Å². The van der Waals surface area contributed by atoms with Crippen LogP contribution in [0.5, 0.6) is 0 Å². The van der Waals surface area contributed by atoms with Gasteiger partial charge in [-0.3, -0.25) is 4.79 Å². The fourth-order valence-electron chi connectivity index (χ4n) is 1.79. The molecule has 0 aliphatic rings. The van der Waals surface area contributed by atoms with Crippen LogP contribution in [0, 0.1) is 39.2 Å². The van der Waals surface area contributed by atoms with Gasteiger partial charge in [-0.15, -0.1) is 0 Å². The van der Waals surface area contributed by atoms with Crippen molar-refractivity contribution in [2.45, 2.75) is 38.9 Å². The molecule has 0 amide bonds. The van der Waals surface area contributed by atoms with E-state index in [1.807, 2.05) is 30.3 Å². The summed E-state index contributed by atoms with van der Waals surface area (Å²) < 4.78 is 32.6. The van der Waals surface area contributed by atoms with Crippen molar-refractivity contribution < 1.29 is 50.1 Å². The summed E-state index contributed by atoms with van der Waals surface area (Å²) in [4.78, 5) is 21.5. The Bertz CT molecular complexity index is 527. The maximum Gasteiger partial charge on any atom is 2.00 e. The number of Topliss-reactive ketones (excluding diaryl/α,β-unsaturated/α-hetero) is 1. The number of rotatable bonds is 13. The predicted octanol–water partition coefficient (Wildman–Crippen LogP) is 2.91. The van der Waals surface area contributed by atoms with E-state index in [9.17, 15) is 9.59 Å². The molecular weight excluding hydrogens is 420 g/mol. The van der Waals surface area contributed by atoms with E-state index < -0.39 is 0 Å². The standard InChI is InChI=1S/C18H22O4.3CO.Fe/c1-16(22-15-19)8-7-12-18(20)11-5-6-13-21-14-17-9-3-2-4-10-17;3*1-2;/h2-4,7-10,12,16H,5-6,11,13-14H2,1H3;;;;/q-1;;;;+2/t16-;;;;/m1..../s1. The van der Waals surface area contributed by atoms with Crippen LogP contribution >= 0.6 is 0 Å². The fourth-order valence-corrected chi connectivity index (χ4v) is 1.79. The molecule has 1 atom stereocenters. The van der Waals surface area contributed by atoms with Gasteiger partial charge in [-0.2, -0.15) is 0 Å². The Morgan fingerprint density at radius 1 is 1.10 bits per heavy atom. The van der Waals surface area contributed by atoms with E-state index in [4.69, 9.17) is 18.7 Å². The van der Waals surface area contributed by atoms with Gasteiger partial charge in [0.15, 0.2) is 0 Å². The Kier molecular flexibility index (Phi) is 36.7. The van der Waals surface area contributed by atoms with Crippen LogP contribution in [0.15, 0.2) is 30.3 Å². The van der Waals surface area contributed by atoms with Gasteiger partial charge in [-0.1, -0.05) is 36.8 Å². The van der Waals surface area contributed by atoms with Gasteiger partial charge >= 0.3 is 51.0 Å². The molecule has 0 unspecified atom stereocenters. The Morgan fingerprint density at radius 3 is 2.24 bits per heavy atom. The van der Waals surface area contributed by atoms with Gasteiger partial charge in [0.2, 0.25) is 0 Å². The maximum absolute atomic E-state index is 11.6. The van der Waals surface area contributed by atoms with Crippen molar-refractivity contribution in [3.8, 4) is 0 Å². The van der Waals surface area contributed by atoms with Crippen LogP contribution in [-0.2, 0) is 56.7 Å². The molecule has 8 heteroatoms. The second kappa shape index (κ2) is 30.8. The van der Waals surface area contributed by atoms with E-state index in [2.05, 4.69) is 24.7 Å². The zero-order valence-corrected chi connectivity index (χ0v) is 17.0. The third-order valence-electron chi connectivity index (χ3n) is 2.97. The minimum absolute atomic E-state index is 0. The third-order valence-corrected chi connectivity index (χ3v) is 2.97. The normalized spacial score (nSPS) is 9.21. The molecule has 3 radical (unpaired) electrons. The molecule has 0 aliphatic heterocycles. The number of ketones is 1. The van der Waals surface area contributed by atoms with Crippen LogP contribution in [0.25, 0.3) is 0 Å². The SMILES string of the molecule is C[C@H]([CH][CH][CH]C(=O)CCCCOCc1ccccc1)O[C-]=O.[C-]#[O+].[C-]#[O+].[C-]#[O+].[Fe+2]. The topological polar surface area (TPSA) is 112 Å². The minimum Gasteiger partial charge on any atom is 2.00 e. The minimum atomic E-state index is -0.368. The number of hydrogen-bond acceptors (Lipinski definition) is 4. The van der Waals surface area contributed by atoms with E-state index >= 15 is 0 Å². The molecule has 0 saturated carbocycles. The third kappa shape index (κ3) is 26.1. The van der Waals surface area contributed by atoms with Crippen molar-refractivity contribution in [1.82, 2.24) is 0 Å². The van der Waals surface area contributed by atoms with Gasteiger partial charge < -0.3 is 14.3 Å². The average Bonchev–Trinajstić information content (AvgIpc) is 2.76. The largest absolute Gasteiger partial charge is 2.00 e. The zero-order chi connectivity index (χ0) is 22.0. The Balaban J connectivity index is -0.000000407. The van der Waals surface area contributed by atoms with Crippen molar-refractivity contribution >= 4 is 12.3 Å².